The van der Waals surface area contributed by atoms with E-state index in [9.17, 15) is 0 Å². The van der Waals surface area contributed by atoms with Crippen LogP contribution in [0.3, 0.4) is 0 Å². The molecule has 0 fully saturated rings. The minimum absolute atomic E-state index is 1.23. The molecule has 0 N–H and O–H groups in total. The molecular weight excluding hydrogens is 116 g/mol. The van der Waals surface area contributed by atoms with Gasteiger partial charge in [0.05, 0.1) is 0 Å². The fourth-order valence-electron chi connectivity index (χ4n) is 0.378. The monoisotopic (exact) mass is 131 g/mol. The molecule has 0 saturated carbocycles. The molecule has 0 aliphatic heterocycles. The van der Waals surface area contributed by atoms with Gasteiger partial charge in [-0.05, 0) is 25.5 Å². The van der Waals surface area contributed by atoms with Crippen LogP contribution >= 0.6 is 11.8 Å². The van der Waals surface area contributed by atoms with E-state index in [0.717, 1.165) is 0 Å². The van der Waals surface area contributed by atoms with Gasteiger partial charge < -0.3 is 0 Å². The summed E-state index contributed by atoms with van der Waals surface area (Å²) < 4.78 is 0. The topological polar surface area (TPSA) is 0 Å². The zero-order chi connectivity index (χ0) is 6.41. The number of hydrogen-bond acceptors (Lipinski definition) is 1. The first-order valence-electron chi connectivity index (χ1n) is 3.26. The predicted octanol–water partition coefficient (Wildman–Crippen LogP) is 3.09. The van der Waals surface area contributed by atoms with Gasteiger partial charge in [-0.2, -0.15) is 11.8 Å². The summed E-state index contributed by atoms with van der Waals surface area (Å²) in [5.41, 5.74) is 0. The molecule has 0 amide bonds. The van der Waals surface area contributed by atoms with E-state index in [1.165, 1.54) is 18.6 Å². The van der Waals surface area contributed by atoms with E-state index in [2.05, 4.69) is 20.8 Å². The van der Waals surface area contributed by atoms with E-state index < -0.39 is 0 Å². The molecule has 0 aromatic heterocycles. The highest BCUT2D eigenvalue weighted by Crippen LogP contribution is 2.21. The minimum Gasteiger partial charge on any atom is -0.154 e. The molecule has 0 unspecified atom stereocenters. The molecule has 8 heavy (non-hydrogen) atoms. The lowest BCUT2D eigenvalue weighted by Gasteiger charge is -2.03. The first-order valence-corrected chi connectivity index (χ1v) is 4.25. The summed E-state index contributed by atoms with van der Waals surface area (Å²) in [6.07, 6.45) is 2.52. The molecule has 0 aliphatic rings. The second-order valence-corrected chi connectivity index (χ2v) is 3.30. The van der Waals surface area contributed by atoms with E-state index >= 15 is 0 Å². The van der Waals surface area contributed by atoms with Gasteiger partial charge in [-0.15, -0.1) is 0 Å². The van der Waals surface area contributed by atoms with Gasteiger partial charge in [0.15, 0.2) is 0 Å². The van der Waals surface area contributed by atoms with Gasteiger partial charge in [0.1, 0.15) is 0 Å². The maximum Gasteiger partial charge on any atom is 0.0273 e. The lowest BCUT2D eigenvalue weighted by atomic mass is 10.4. The van der Waals surface area contributed by atoms with Gasteiger partial charge in [0.2, 0.25) is 0 Å². The van der Waals surface area contributed by atoms with Crippen LogP contribution in [0.2, 0.25) is 0 Å². The van der Waals surface area contributed by atoms with E-state index in [1.54, 1.807) is 5.25 Å². The smallest absolute Gasteiger partial charge is 0.0273 e. The van der Waals surface area contributed by atoms with Gasteiger partial charge in [0.25, 0.3) is 0 Å². The fraction of sp³-hybridized carbons (Fsp3) is 0.857. The molecule has 1 radical (unpaired) electrons. The van der Waals surface area contributed by atoms with Gasteiger partial charge in [-0.1, -0.05) is 13.8 Å². The van der Waals surface area contributed by atoms with Crippen LogP contribution in [-0.4, -0.2) is 5.75 Å². The third-order valence-corrected chi connectivity index (χ3v) is 2.44. The normalized spacial score (nSPS) is 10.5. The Bertz CT molecular complexity index is 43.7. The Morgan fingerprint density at radius 2 is 2.00 bits per heavy atom. The highest BCUT2D eigenvalue weighted by molar-refractivity contribution is 8.02. The van der Waals surface area contributed by atoms with E-state index in [4.69, 9.17) is 0 Å². The van der Waals surface area contributed by atoms with Gasteiger partial charge in [0, 0.05) is 5.25 Å². The van der Waals surface area contributed by atoms with Crippen LogP contribution in [0.5, 0.6) is 0 Å². The van der Waals surface area contributed by atoms with Gasteiger partial charge >= 0.3 is 0 Å². The summed E-state index contributed by atoms with van der Waals surface area (Å²) in [5.74, 6) is 1.29. The zero-order valence-corrected chi connectivity index (χ0v) is 6.85. The van der Waals surface area contributed by atoms with Gasteiger partial charge in [-0.25, -0.2) is 0 Å². The van der Waals surface area contributed by atoms with Crippen molar-refractivity contribution in [3.8, 4) is 0 Å². The first kappa shape index (κ1) is 8.35. The molecule has 49 valence electrons. The first-order chi connectivity index (χ1) is 3.81. The van der Waals surface area contributed by atoms with E-state index in [0.29, 0.717) is 0 Å². The quantitative estimate of drug-likeness (QED) is 0.565. The summed E-state index contributed by atoms with van der Waals surface area (Å²) in [6, 6.07) is 0. The molecule has 0 heterocycles. The van der Waals surface area contributed by atoms with Crippen molar-refractivity contribution in [2.75, 3.05) is 5.75 Å². The molecule has 0 bridgehead atoms. The molecule has 0 saturated heterocycles. The molecule has 0 aromatic rings. The Morgan fingerprint density at radius 1 is 1.38 bits per heavy atom. The predicted molar refractivity (Wildman–Crippen MR) is 42.0 cm³/mol. The average molecular weight is 131 g/mol. The Morgan fingerprint density at radius 3 is 2.38 bits per heavy atom. The van der Waals surface area contributed by atoms with Gasteiger partial charge in [-0.3, -0.25) is 0 Å². The molecule has 0 nitrogen and oxygen atoms in total. The van der Waals surface area contributed by atoms with Crippen LogP contribution in [0, 0.1) is 5.25 Å². The molecule has 0 aliphatic carbocycles. The Balaban J connectivity index is 2.86. The average Bonchev–Trinajstić information content (AvgIpc) is 1.83. The summed E-state index contributed by atoms with van der Waals surface area (Å²) in [6.45, 7) is 6.63. The van der Waals surface area contributed by atoms with Crippen LogP contribution in [0.4, 0.5) is 0 Å². The van der Waals surface area contributed by atoms with Crippen LogP contribution in [0.25, 0.3) is 0 Å². The second kappa shape index (κ2) is 5.49. The Hall–Kier alpha value is 0.350. The largest absolute Gasteiger partial charge is 0.154 e. The third kappa shape index (κ3) is 4.51. The number of thioether (sulfide) groups is 1. The Labute approximate surface area is 57.1 Å². The van der Waals surface area contributed by atoms with Crippen LogP contribution in [0.1, 0.15) is 33.6 Å². The molecule has 0 spiro atoms. The summed E-state index contributed by atoms with van der Waals surface area (Å²) in [5, 5.41) is 1.56. The maximum absolute atomic E-state index is 2.22. The summed E-state index contributed by atoms with van der Waals surface area (Å²) >= 11 is 1.99. The molecule has 0 rings (SSSR count). The lowest BCUT2D eigenvalue weighted by molar-refractivity contribution is 1.04. The molecule has 1 heteroatoms. The summed E-state index contributed by atoms with van der Waals surface area (Å²) in [7, 11) is 0. The molecule has 0 aromatic carbocycles. The van der Waals surface area contributed by atoms with Crippen molar-refractivity contribution in [1.82, 2.24) is 0 Å². The second-order valence-electron chi connectivity index (χ2n) is 1.90. The zero-order valence-electron chi connectivity index (χ0n) is 6.03. The fourth-order valence-corrected chi connectivity index (χ4v) is 1.14. The van der Waals surface area contributed by atoms with Crippen molar-refractivity contribution < 1.29 is 0 Å². The highest BCUT2D eigenvalue weighted by Gasteiger charge is 1.95. The van der Waals surface area contributed by atoms with E-state index in [-0.39, 0.29) is 0 Å². The minimum atomic E-state index is 1.23. The van der Waals surface area contributed by atoms with Crippen LogP contribution < -0.4 is 0 Å². The third-order valence-electron chi connectivity index (χ3n) is 1.05. The van der Waals surface area contributed by atoms with Crippen molar-refractivity contribution >= 4 is 11.8 Å². The highest BCUT2D eigenvalue weighted by atomic mass is 32.2. The van der Waals surface area contributed by atoms with Crippen molar-refractivity contribution in [2.24, 2.45) is 0 Å². The van der Waals surface area contributed by atoms with Crippen LogP contribution in [-0.2, 0) is 0 Å². The van der Waals surface area contributed by atoms with E-state index in [1.807, 2.05) is 11.8 Å². The van der Waals surface area contributed by atoms with Crippen molar-refractivity contribution in [3.63, 3.8) is 0 Å². The maximum atomic E-state index is 2.22. The molecule has 0 atom stereocenters. The number of rotatable bonds is 4. The molecular formula is C7H15S. The van der Waals surface area contributed by atoms with Crippen molar-refractivity contribution in [3.05, 3.63) is 5.25 Å². The summed E-state index contributed by atoms with van der Waals surface area (Å²) in [4.78, 5) is 0. The number of hydrogen-bond donors (Lipinski definition) is 0. The van der Waals surface area contributed by atoms with Crippen molar-refractivity contribution in [2.45, 2.75) is 33.6 Å². The standard InChI is InChI=1S/C7H15S/c1-4-6-8-7(3)5-2/h4-6H2,1-3H3. The lowest BCUT2D eigenvalue weighted by Crippen LogP contribution is -1.82. The van der Waals surface area contributed by atoms with Crippen LogP contribution in [0.15, 0.2) is 0 Å². The van der Waals surface area contributed by atoms with Crippen molar-refractivity contribution in [1.29, 1.82) is 0 Å². The SMILES string of the molecule is CCCS[C](C)CC. The Kier molecular flexibility index (Phi) is 5.73.